The zero-order valence-electron chi connectivity index (χ0n) is 22.3. The summed E-state index contributed by atoms with van der Waals surface area (Å²) >= 11 is 3.44. The first-order valence-corrected chi connectivity index (χ1v) is 13.7. The van der Waals surface area contributed by atoms with Gasteiger partial charge >= 0.3 is 0 Å². The number of ether oxygens (including phenoxy) is 1. The van der Waals surface area contributed by atoms with Crippen LogP contribution in [0.25, 0.3) is 11.0 Å². The quantitative estimate of drug-likeness (QED) is 0.224. The van der Waals surface area contributed by atoms with E-state index in [-0.39, 0.29) is 23.3 Å². The lowest BCUT2D eigenvalue weighted by Crippen LogP contribution is -2.30. The second-order valence-electron chi connectivity index (χ2n) is 10.7. The molecular weight excluding hydrogens is 558 g/mol. The van der Waals surface area contributed by atoms with E-state index in [1.807, 2.05) is 67.6 Å². The molecule has 6 nitrogen and oxygen atoms in total. The molecule has 0 radical (unpaired) electrons. The molecule has 7 heteroatoms. The highest BCUT2D eigenvalue weighted by molar-refractivity contribution is 9.10. The molecule has 0 fully saturated rings. The zero-order valence-corrected chi connectivity index (χ0v) is 23.9. The lowest BCUT2D eigenvalue weighted by atomic mass is 9.85. The molecule has 39 heavy (non-hydrogen) atoms. The molecule has 0 aliphatic carbocycles. The highest BCUT2D eigenvalue weighted by Gasteiger charge is 2.44. The van der Waals surface area contributed by atoms with E-state index in [0.717, 1.165) is 26.5 Å². The van der Waals surface area contributed by atoms with Crippen molar-refractivity contribution in [3.8, 4) is 5.75 Å². The summed E-state index contributed by atoms with van der Waals surface area (Å²) in [5, 5.41) is 11.8. The molecule has 1 amide bonds. The van der Waals surface area contributed by atoms with Crippen LogP contribution < -0.4 is 4.74 Å². The van der Waals surface area contributed by atoms with Crippen LogP contribution >= 0.6 is 15.9 Å². The third-order valence-corrected chi connectivity index (χ3v) is 7.40. The second kappa shape index (κ2) is 10.4. The van der Waals surface area contributed by atoms with Crippen LogP contribution in [0.1, 0.15) is 61.0 Å². The van der Waals surface area contributed by atoms with Crippen molar-refractivity contribution in [1.29, 1.82) is 0 Å². The van der Waals surface area contributed by atoms with Crippen molar-refractivity contribution in [2.45, 2.75) is 45.7 Å². The van der Waals surface area contributed by atoms with E-state index in [2.05, 4.69) is 36.7 Å². The van der Waals surface area contributed by atoms with Crippen molar-refractivity contribution < 1.29 is 23.8 Å². The molecule has 1 unspecified atom stereocenters. The number of rotatable bonds is 7. The maximum Gasteiger partial charge on any atom is 0.290 e. The smallest absolute Gasteiger partial charge is 0.290 e. The van der Waals surface area contributed by atoms with Gasteiger partial charge in [0.1, 0.15) is 11.3 Å². The van der Waals surface area contributed by atoms with Gasteiger partial charge in [0.2, 0.25) is 5.78 Å². The van der Waals surface area contributed by atoms with Gasteiger partial charge in [-0.05, 0) is 65.4 Å². The monoisotopic (exact) mass is 587 g/mol. The van der Waals surface area contributed by atoms with Gasteiger partial charge in [-0.25, -0.2) is 0 Å². The van der Waals surface area contributed by atoms with Crippen LogP contribution in [0.3, 0.4) is 0 Å². The lowest BCUT2D eigenvalue weighted by molar-refractivity contribution is -0.130. The largest absolute Gasteiger partial charge is 0.503 e. The molecule has 1 atom stereocenters. The molecule has 1 aliphatic rings. The molecule has 1 aliphatic heterocycles. The van der Waals surface area contributed by atoms with Crippen LogP contribution in [-0.2, 0) is 16.8 Å². The molecule has 1 N–H and O–H groups in total. The molecule has 0 spiro atoms. The van der Waals surface area contributed by atoms with Gasteiger partial charge in [-0.3, -0.25) is 9.59 Å². The average molecular weight is 588 g/mol. The van der Waals surface area contributed by atoms with Crippen molar-refractivity contribution in [3.05, 3.63) is 111 Å². The minimum Gasteiger partial charge on any atom is -0.503 e. The predicted octanol–water partition coefficient (Wildman–Crippen LogP) is 7.67. The highest BCUT2D eigenvalue weighted by Crippen LogP contribution is 2.41. The van der Waals surface area contributed by atoms with Crippen molar-refractivity contribution in [1.82, 2.24) is 4.90 Å². The molecule has 2 heterocycles. The number of hydrogen-bond donors (Lipinski definition) is 1. The number of nitrogens with zero attached hydrogens (tertiary/aromatic N) is 1. The number of aliphatic hydroxyl groups excluding tert-OH is 1. The maximum absolute atomic E-state index is 13.9. The second-order valence-corrected chi connectivity index (χ2v) is 11.6. The predicted molar refractivity (Wildman–Crippen MR) is 154 cm³/mol. The summed E-state index contributed by atoms with van der Waals surface area (Å²) < 4.78 is 12.4. The van der Waals surface area contributed by atoms with Crippen LogP contribution in [-0.4, -0.2) is 28.3 Å². The molecular formula is C32H30BrNO5. The average Bonchev–Trinajstić information content (AvgIpc) is 3.42. The fourth-order valence-corrected chi connectivity index (χ4v) is 5.30. The zero-order chi connectivity index (χ0) is 27.9. The lowest BCUT2D eigenvalue weighted by Gasteiger charge is -2.28. The normalized spacial score (nSPS) is 15.9. The number of carbonyl (C=O) groups excluding carboxylic acids is 2. The molecule has 4 aromatic rings. The minimum absolute atomic E-state index is 0.00240. The Morgan fingerprint density at radius 3 is 2.49 bits per heavy atom. The standard InChI is InChI=1S/C32H30BrNO5/c1-5-38-24-8-6-7-19(15-24)18-34-28(20-9-11-22(12-10-20)32(2,3)4)27(30(36)31(34)37)29(35)26-17-21-16-23(33)13-14-25(21)39-26/h6-17,28,36H,5,18H2,1-4H3. The van der Waals surface area contributed by atoms with E-state index in [4.69, 9.17) is 9.15 Å². The van der Waals surface area contributed by atoms with Gasteiger partial charge in [0.05, 0.1) is 18.2 Å². The molecule has 0 saturated heterocycles. The van der Waals surface area contributed by atoms with Gasteiger partial charge in [-0.1, -0.05) is 73.1 Å². The van der Waals surface area contributed by atoms with Gasteiger partial charge in [-0.15, -0.1) is 0 Å². The fourth-order valence-electron chi connectivity index (χ4n) is 4.92. The van der Waals surface area contributed by atoms with E-state index in [1.54, 1.807) is 12.1 Å². The van der Waals surface area contributed by atoms with Crippen LogP contribution in [0, 0.1) is 0 Å². The summed E-state index contributed by atoms with van der Waals surface area (Å²) in [6.45, 7) is 8.98. The Balaban J connectivity index is 1.58. The van der Waals surface area contributed by atoms with Crippen LogP contribution in [0.5, 0.6) is 5.75 Å². The van der Waals surface area contributed by atoms with Gasteiger partial charge in [0.25, 0.3) is 5.91 Å². The molecule has 5 rings (SSSR count). The Morgan fingerprint density at radius 1 is 1.05 bits per heavy atom. The molecule has 1 aromatic heterocycles. The van der Waals surface area contributed by atoms with Gasteiger partial charge in [0, 0.05) is 16.4 Å². The maximum atomic E-state index is 13.9. The van der Waals surface area contributed by atoms with E-state index in [0.29, 0.717) is 17.9 Å². The highest BCUT2D eigenvalue weighted by atomic mass is 79.9. The topological polar surface area (TPSA) is 80.0 Å². The van der Waals surface area contributed by atoms with Crippen molar-refractivity contribution in [3.63, 3.8) is 0 Å². The summed E-state index contributed by atoms with van der Waals surface area (Å²) in [5.74, 6) is -0.941. The number of fused-ring (bicyclic) bond motifs is 1. The first-order valence-electron chi connectivity index (χ1n) is 12.9. The molecule has 3 aromatic carbocycles. The van der Waals surface area contributed by atoms with Crippen LogP contribution in [0.15, 0.2) is 93.0 Å². The van der Waals surface area contributed by atoms with Crippen molar-refractivity contribution in [2.24, 2.45) is 0 Å². The minimum atomic E-state index is -0.797. The number of Topliss-reactive ketones (excluding diaryl/α,β-unsaturated/α-hetero) is 1. The number of hydrogen-bond acceptors (Lipinski definition) is 5. The summed E-state index contributed by atoms with van der Waals surface area (Å²) in [7, 11) is 0. The number of ketones is 1. The number of benzene rings is 3. The fraction of sp³-hybridized carbons (Fsp3) is 0.250. The SMILES string of the molecule is CCOc1cccc(CN2C(=O)C(O)=C(C(=O)c3cc4cc(Br)ccc4o3)C2c2ccc(C(C)(C)C)cc2)c1. The Bertz CT molecular complexity index is 1590. The van der Waals surface area contributed by atoms with Crippen molar-refractivity contribution in [2.75, 3.05) is 6.61 Å². The van der Waals surface area contributed by atoms with Crippen molar-refractivity contribution >= 4 is 38.6 Å². The summed E-state index contributed by atoms with van der Waals surface area (Å²) in [6, 6.07) is 21.6. The Kier molecular flexibility index (Phi) is 7.12. The van der Waals surface area contributed by atoms with E-state index < -0.39 is 23.5 Å². The Hall–Kier alpha value is -3.84. The van der Waals surface area contributed by atoms with E-state index in [9.17, 15) is 14.7 Å². The number of carbonyl (C=O) groups is 2. The number of furan rings is 1. The molecule has 0 bridgehead atoms. The number of halogens is 1. The Labute approximate surface area is 236 Å². The summed E-state index contributed by atoms with van der Waals surface area (Å²) in [6.07, 6.45) is 0. The number of aliphatic hydroxyl groups is 1. The first-order chi connectivity index (χ1) is 18.6. The van der Waals surface area contributed by atoms with Crippen LogP contribution in [0.4, 0.5) is 0 Å². The number of amides is 1. The molecule has 200 valence electrons. The van der Waals surface area contributed by atoms with E-state index in [1.165, 1.54) is 4.90 Å². The van der Waals surface area contributed by atoms with Gasteiger partial charge in [0.15, 0.2) is 11.5 Å². The first kappa shape index (κ1) is 26.8. The van der Waals surface area contributed by atoms with Gasteiger partial charge < -0.3 is 19.2 Å². The summed E-state index contributed by atoms with van der Waals surface area (Å²) in [5.41, 5.74) is 3.15. The van der Waals surface area contributed by atoms with E-state index >= 15 is 0 Å². The molecule has 0 saturated carbocycles. The van der Waals surface area contributed by atoms with Crippen LogP contribution in [0.2, 0.25) is 0 Å². The third kappa shape index (κ3) is 5.23. The Morgan fingerprint density at radius 2 is 1.79 bits per heavy atom. The van der Waals surface area contributed by atoms with Gasteiger partial charge in [-0.2, -0.15) is 0 Å². The third-order valence-electron chi connectivity index (χ3n) is 6.91. The summed E-state index contributed by atoms with van der Waals surface area (Å²) in [4.78, 5) is 28.9.